The summed E-state index contributed by atoms with van der Waals surface area (Å²) in [6.07, 6.45) is 0.854. The molecule has 0 amide bonds. The van der Waals surface area contributed by atoms with Crippen molar-refractivity contribution in [2.24, 2.45) is 0 Å². The highest BCUT2D eigenvalue weighted by atomic mass is 19.1. The lowest BCUT2D eigenvalue weighted by atomic mass is 10.1. The molecule has 2 aromatic carbocycles. The Kier molecular flexibility index (Phi) is 3.80. The summed E-state index contributed by atoms with van der Waals surface area (Å²) >= 11 is 0. The van der Waals surface area contributed by atoms with Crippen LogP contribution in [0.1, 0.15) is 22.8 Å². The van der Waals surface area contributed by atoms with Crippen molar-refractivity contribution in [2.45, 2.75) is 13.3 Å². The van der Waals surface area contributed by atoms with E-state index in [9.17, 15) is 9.18 Å². The molecule has 0 unspecified atom stereocenters. The zero-order chi connectivity index (χ0) is 13.8. The van der Waals surface area contributed by atoms with Crippen molar-refractivity contribution < 1.29 is 19.0 Å². The van der Waals surface area contributed by atoms with Gasteiger partial charge in [-0.2, -0.15) is 0 Å². The van der Waals surface area contributed by atoms with E-state index < -0.39 is 11.8 Å². The molecule has 2 rings (SSSR count). The van der Waals surface area contributed by atoms with Crippen molar-refractivity contribution in [3.05, 3.63) is 59.4 Å². The monoisotopic (exact) mass is 260 g/mol. The Hall–Kier alpha value is -2.36. The smallest absolute Gasteiger partial charge is 0.339 e. The van der Waals surface area contributed by atoms with Gasteiger partial charge in [0, 0.05) is 0 Å². The fourth-order valence-corrected chi connectivity index (χ4v) is 1.71. The van der Waals surface area contributed by atoms with Crippen molar-refractivity contribution in [2.75, 3.05) is 0 Å². The molecule has 98 valence electrons. The molecule has 0 fully saturated rings. The Bertz CT molecular complexity index is 608. The Morgan fingerprint density at radius 3 is 2.74 bits per heavy atom. The zero-order valence-electron chi connectivity index (χ0n) is 10.4. The summed E-state index contributed by atoms with van der Waals surface area (Å²) in [7, 11) is 0. The van der Waals surface area contributed by atoms with Crippen LogP contribution in [0.5, 0.6) is 11.5 Å². The van der Waals surface area contributed by atoms with Crippen molar-refractivity contribution in [1.82, 2.24) is 0 Å². The summed E-state index contributed by atoms with van der Waals surface area (Å²) in [5, 5.41) is 9.02. The van der Waals surface area contributed by atoms with Crippen LogP contribution in [0.4, 0.5) is 4.39 Å². The van der Waals surface area contributed by atoms with Gasteiger partial charge in [-0.05, 0) is 42.3 Å². The molecule has 0 spiro atoms. The van der Waals surface area contributed by atoms with Crippen LogP contribution in [0, 0.1) is 5.82 Å². The number of aryl methyl sites for hydroxylation is 1. The van der Waals surface area contributed by atoms with E-state index in [2.05, 4.69) is 0 Å². The topological polar surface area (TPSA) is 46.5 Å². The van der Waals surface area contributed by atoms with E-state index >= 15 is 0 Å². The highest BCUT2D eigenvalue weighted by Gasteiger charge is 2.13. The minimum Gasteiger partial charge on any atom is -0.478 e. The van der Waals surface area contributed by atoms with Gasteiger partial charge in [0.1, 0.15) is 22.9 Å². The molecule has 0 aliphatic rings. The van der Waals surface area contributed by atoms with Gasteiger partial charge in [-0.25, -0.2) is 9.18 Å². The molecule has 0 atom stereocenters. The maximum Gasteiger partial charge on any atom is 0.339 e. The van der Waals surface area contributed by atoms with Gasteiger partial charge in [0.25, 0.3) is 0 Å². The maximum atomic E-state index is 13.0. The van der Waals surface area contributed by atoms with Gasteiger partial charge in [-0.3, -0.25) is 0 Å². The molecule has 0 saturated heterocycles. The second-order valence-electron chi connectivity index (χ2n) is 4.05. The van der Waals surface area contributed by atoms with Crippen LogP contribution in [0.3, 0.4) is 0 Å². The van der Waals surface area contributed by atoms with E-state index in [1.807, 2.05) is 25.1 Å². The number of carboxylic acid groups (broad SMARTS) is 1. The van der Waals surface area contributed by atoms with Gasteiger partial charge in [-0.1, -0.05) is 19.1 Å². The third-order valence-electron chi connectivity index (χ3n) is 2.71. The van der Waals surface area contributed by atoms with Gasteiger partial charge < -0.3 is 9.84 Å². The minimum atomic E-state index is -1.22. The van der Waals surface area contributed by atoms with Crippen LogP contribution in [-0.2, 0) is 6.42 Å². The summed E-state index contributed by atoms with van der Waals surface area (Å²) in [5.41, 5.74) is 0.887. The summed E-state index contributed by atoms with van der Waals surface area (Å²) in [4.78, 5) is 11.0. The molecule has 0 aliphatic carbocycles. The van der Waals surface area contributed by atoms with Crippen LogP contribution >= 0.6 is 0 Å². The number of benzene rings is 2. The van der Waals surface area contributed by atoms with E-state index in [-0.39, 0.29) is 11.3 Å². The van der Waals surface area contributed by atoms with Crippen LogP contribution in [0.15, 0.2) is 42.5 Å². The number of carboxylic acids is 1. The van der Waals surface area contributed by atoms with Crippen molar-refractivity contribution in [3.8, 4) is 11.5 Å². The molecule has 3 nitrogen and oxygen atoms in total. The second kappa shape index (κ2) is 5.52. The van der Waals surface area contributed by atoms with E-state index in [1.54, 1.807) is 6.07 Å². The third kappa shape index (κ3) is 3.10. The number of halogens is 1. The third-order valence-corrected chi connectivity index (χ3v) is 2.71. The van der Waals surface area contributed by atoms with E-state index in [1.165, 1.54) is 12.1 Å². The molecule has 0 aliphatic heterocycles. The first-order valence-electron chi connectivity index (χ1n) is 5.90. The van der Waals surface area contributed by atoms with Crippen LogP contribution in [-0.4, -0.2) is 11.1 Å². The molecule has 0 bridgehead atoms. The molecule has 0 aromatic heterocycles. The summed E-state index contributed by atoms with van der Waals surface area (Å²) in [5.74, 6) is -1.16. The fraction of sp³-hybridized carbons (Fsp3) is 0.133. The second-order valence-corrected chi connectivity index (χ2v) is 4.05. The Morgan fingerprint density at radius 2 is 2.05 bits per heavy atom. The molecule has 4 heteroatoms. The lowest BCUT2D eigenvalue weighted by molar-refractivity contribution is 0.0693. The molecule has 0 saturated carbocycles. The quantitative estimate of drug-likeness (QED) is 0.907. The Labute approximate surface area is 110 Å². The molecule has 0 heterocycles. The largest absolute Gasteiger partial charge is 0.478 e. The van der Waals surface area contributed by atoms with Crippen LogP contribution in [0.2, 0.25) is 0 Å². The Morgan fingerprint density at radius 1 is 1.26 bits per heavy atom. The normalized spacial score (nSPS) is 10.2. The highest BCUT2D eigenvalue weighted by molar-refractivity contribution is 5.91. The number of hydrogen-bond donors (Lipinski definition) is 1. The number of aromatic carboxylic acids is 1. The number of hydrogen-bond acceptors (Lipinski definition) is 2. The molecule has 19 heavy (non-hydrogen) atoms. The number of rotatable bonds is 4. The maximum absolute atomic E-state index is 13.0. The number of ether oxygens (including phenoxy) is 1. The standard InChI is InChI=1S/C15H13FO3/c1-2-10-4-3-5-12(8-10)19-14-7-6-11(16)9-13(14)15(17)18/h3-9H,2H2,1H3,(H,17,18). The van der Waals surface area contributed by atoms with Crippen molar-refractivity contribution >= 4 is 5.97 Å². The van der Waals surface area contributed by atoms with Gasteiger partial charge in [-0.15, -0.1) is 0 Å². The van der Waals surface area contributed by atoms with Crippen molar-refractivity contribution in [3.63, 3.8) is 0 Å². The molecular weight excluding hydrogens is 247 g/mol. The molecule has 0 radical (unpaired) electrons. The molecule has 2 aromatic rings. The van der Waals surface area contributed by atoms with Crippen molar-refractivity contribution in [1.29, 1.82) is 0 Å². The van der Waals surface area contributed by atoms with Gasteiger partial charge in [0.15, 0.2) is 0 Å². The zero-order valence-corrected chi connectivity index (χ0v) is 10.4. The van der Waals surface area contributed by atoms with Crippen LogP contribution in [0.25, 0.3) is 0 Å². The van der Waals surface area contributed by atoms with Gasteiger partial charge in [0.2, 0.25) is 0 Å². The minimum absolute atomic E-state index is 0.127. The Balaban J connectivity index is 2.34. The fourth-order valence-electron chi connectivity index (χ4n) is 1.71. The average molecular weight is 260 g/mol. The lowest BCUT2D eigenvalue weighted by Crippen LogP contribution is -2.01. The van der Waals surface area contributed by atoms with E-state index in [0.29, 0.717) is 5.75 Å². The lowest BCUT2D eigenvalue weighted by Gasteiger charge is -2.09. The first kappa shape index (κ1) is 13.1. The first-order valence-corrected chi connectivity index (χ1v) is 5.90. The predicted molar refractivity (Wildman–Crippen MR) is 69.3 cm³/mol. The van der Waals surface area contributed by atoms with E-state index in [0.717, 1.165) is 18.1 Å². The summed E-state index contributed by atoms with van der Waals surface area (Å²) in [6, 6.07) is 10.8. The van der Waals surface area contributed by atoms with E-state index in [4.69, 9.17) is 9.84 Å². The summed E-state index contributed by atoms with van der Waals surface area (Å²) < 4.78 is 18.6. The number of carbonyl (C=O) groups is 1. The van der Waals surface area contributed by atoms with Gasteiger partial charge >= 0.3 is 5.97 Å². The SMILES string of the molecule is CCc1cccc(Oc2ccc(F)cc2C(=O)O)c1. The average Bonchev–Trinajstić information content (AvgIpc) is 2.41. The molecular formula is C15H13FO3. The van der Waals surface area contributed by atoms with Crippen LogP contribution < -0.4 is 4.74 Å². The summed E-state index contributed by atoms with van der Waals surface area (Å²) in [6.45, 7) is 2.01. The van der Waals surface area contributed by atoms with Gasteiger partial charge in [0.05, 0.1) is 0 Å². The predicted octanol–water partition coefficient (Wildman–Crippen LogP) is 3.88. The first-order chi connectivity index (χ1) is 9.10. The highest BCUT2D eigenvalue weighted by Crippen LogP contribution is 2.26. The molecule has 1 N–H and O–H groups in total.